The number of aryl methyl sites for hydroxylation is 2. The minimum Gasteiger partial charge on any atom is -0.491 e. The monoisotopic (exact) mass is 306 g/mol. The van der Waals surface area contributed by atoms with Gasteiger partial charge in [0.05, 0.1) is 0 Å². The number of aliphatic hydroxyl groups is 1. The zero-order valence-electron chi connectivity index (χ0n) is 14.2. The van der Waals surface area contributed by atoms with Crippen molar-refractivity contribution in [3.8, 4) is 5.75 Å². The van der Waals surface area contributed by atoms with Crippen LogP contribution in [0.1, 0.15) is 24.5 Å². The van der Waals surface area contributed by atoms with Crippen molar-refractivity contribution in [3.63, 3.8) is 0 Å². The average molecular weight is 306 g/mol. The molecule has 1 unspecified atom stereocenters. The summed E-state index contributed by atoms with van der Waals surface area (Å²) in [6, 6.07) is 6.14. The van der Waals surface area contributed by atoms with Crippen molar-refractivity contribution in [2.45, 2.75) is 33.3 Å². The Morgan fingerprint density at radius 1 is 1.14 bits per heavy atom. The summed E-state index contributed by atoms with van der Waals surface area (Å²) in [5.41, 5.74) is 2.36. The van der Waals surface area contributed by atoms with E-state index < -0.39 is 6.10 Å². The molecular formula is C18H30N2O2. The lowest BCUT2D eigenvalue weighted by atomic mass is 10.1. The van der Waals surface area contributed by atoms with Crippen LogP contribution in [0.25, 0.3) is 0 Å². The highest BCUT2D eigenvalue weighted by atomic mass is 16.5. The summed E-state index contributed by atoms with van der Waals surface area (Å²) in [5.74, 6) is 0.873. The Morgan fingerprint density at radius 2 is 1.82 bits per heavy atom. The van der Waals surface area contributed by atoms with E-state index in [9.17, 15) is 5.11 Å². The summed E-state index contributed by atoms with van der Waals surface area (Å²) in [4.78, 5) is 4.83. The van der Waals surface area contributed by atoms with E-state index in [0.29, 0.717) is 13.2 Å². The summed E-state index contributed by atoms with van der Waals surface area (Å²) < 4.78 is 5.77. The Bertz CT molecular complexity index is 456. The molecule has 1 aliphatic heterocycles. The number of rotatable bonds is 7. The molecule has 0 aliphatic carbocycles. The second-order valence-corrected chi connectivity index (χ2v) is 6.38. The van der Waals surface area contributed by atoms with E-state index in [1.807, 2.05) is 19.1 Å². The molecule has 2 rings (SSSR count). The number of aliphatic hydroxyl groups excluding tert-OH is 1. The van der Waals surface area contributed by atoms with E-state index in [2.05, 4.69) is 29.7 Å². The van der Waals surface area contributed by atoms with Gasteiger partial charge >= 0.3 is 0 Å². The van der Waals surface area contributed by atoms with Gasteiger partial charge in [-0.3, -0.25) is 4.90 Å². The van der Waals surface area contributed by atoms with E-state index in [0.717, 1.165) is 37.5 Å². The highest BCUT2D eigenvalue weighted by molar-refractivity contribution is 5.35. The lowest BCUT2D eigenvalue weighted by Crippen LogP contribution is -2.49. The Balaban J connectivity index is 1.71. The predicted octanol–water partition coefficient (Wildman–Crippen LogP) is 2.07. The molecule has 1 N–H and O–H groups in total. The molecule has 1 aromatic rings. The zero-order valence-corrected chi connectivity index (χ0v) is 14.2. The van der Waals surface area contributed by atoms with Crippen molar-refractivity contribution in [1.82, 2.24) is 9.80 Å². The fraction of sp³-hybridized carbons (Fsp3) is 0.667. The van der Waals surface area contributed by atoms with Gasteiger partial charge in [-0.2, -0.15) is 0 Å². The second-order valence-electron chi connectivity index (χ2n) is 6.38. The Labute approximate surface area is 134 Å². The summed E-state index contributed by atoms with van der Waals surface area (Å²) in [7, 11) is 0. The molecular weight excluding hydrogens is 276 g/mol. The average Bonchev–Trinajstić information content (AvgIpc) is 2.49. The van der Waals surface area contributed by atoms with Crippen LogP contribution in [0.15, 0.2) is 18.2 Å². The van der Waals surface area contributed by atoms with Crippen molar-refractivity contribution in [3.05, 3.63) is 29.3 Å². The fourth-order valence-corrected chi connectivity index (χ4v) is 3.01. The molecule has 0 amide bonds. The SMILES string of the molecule is CCCN1CCN(CC(O)COc2ccc(C)cc2C)CC1. The first-order valence-electron chi connectivity index (χ1n) is 8.41. The molecule has 124 valence electrons. The van der Waals surface area contributed by atoms with Crippen LogP contribution in [-0.2, 0) is 0 Å². The van der Waals surface area contributed by atoms with Gasteiger partial charge in [0, 0.05) is 32.7 Å². The molecule has 1 fully saturated rings. The number of β-amino-alcohol motifs (C(OH)–C–C–N with tert-alkyl or cyclic N) is 1. The second kappa shape index (κ2) is 8.51. The Hall–Kier alpha value is -1.10. The molecule has 4 nitrogen and oxygen atoms in total. The van der Waals surface area contributed by atoms with Crippen LogP contribution in [0.5, 0.6) is 5.75 Å². The number of benzene rings is 1. The van der Waals surface area contributed by atoms with E-state index in [-0.39, 0.29) is 0 Å². The van der Waals surface area contributed by atoms with Crippen LogP contribution in [-0.4, -0.2) is 66.9 Å². The third-order valence-electron chi connectivity index (χ3n) is 4.24. The summed E-state index contributed by atoms with van der Waals surface area (Å²) in [6.45, 7) is 12.9. The third kappa shape index (κ3) is 5.27. The number of piperazine rings is 1. The van der Waals surface area contributed by atoms with Crippen LogP contribution >= 0.6 is 0 Å². The van der Waals surface area contributed by atoms with Gasteiger partial charge in [-0.15, -0.1) is 0 Å². The normalized spacial score (nSPS) is 18.4. The van der Waals surface area contributed by atoms with E-state index in [1.165, 1.54) is 18.5 Å². The van der Waals surface area contributed by atoms with Gasteiger partial charge in [-0.1, -0.05) is 24.6 Å². The largest absolute Gasteiger partial charge is 0.491 e. The van der Waals surface area contributed by atoms with Crippen LogP contribution in [0, 0.1) is 13.8 Å². The standard InChI is InChI=1S/C18H30N2O2/c1-4-7-19-8-10-20(11-9-19)13-17(21)14-22-18-6-5-15(2)12-16(18)3/h5-6,12,17,21H,4,7-11,13-14H2,1-3H3. The molecule has 0 spiro atoms. The lowest BCUT2D eigenvalue weighted by Gasteiger charge is -2.35. The van der Waals surface area contributed by atoms with E-state index >= 15 is 0 Å². The minimum atomic E-state index is -0.432. The fourth-order valence-electron chi connectivity index (χ4n) is 3.01. The molecule has 0 bridgehead atoms. The van der Waals surface area contributed by atoms with Crippen molar-refractivity contribution in [2.75, 3.05) is 45.9 Å². The lowest BCUT2D eigenvalue weighted by molar-refractivity contribution is 0.0460. The van der Waals surface area contributed by atoms with Gasteiger partial charge in [0.1, 0.15) is 18.5 Å². The first-order valence-corrected chi connectivity index (χ1v) is 8.41. The van der Waals surface area contributed by atoms with Crippen LogP contribution in [0.4, 0.5) is 0 Å². The number of hydrogen-bond acceptors (Lipinski definition) is 4. The first kappa shape index (κ1) is 17.3. The molecule has 1 heterocycles. The van der Waals surface area contributed by atoms with Crippen LogP contribution in [0.3, 0.4) is 0 Å². The number of ether oxygens (including phenoxy) is 1. The molecule has 1 saturated heterocycles. The van der Waals surface area contributed by atoms with Crippen molar-refractivity contribution < 1.29 is 9.84 Å². The predicted molar refractivity (Wildman–Crippen MR) is 90.6 cm³/mol. The molecule has 4 heteroatoms. The Morgan fingerprint density at radius 3 is 2.45 bits per heavy atom. The molecule has 1 aliphatic rings. The number of hydrogen-bond donors (Lipinski definition) is 1. The van der Waals surface area contributed by atoms with Gasteiger partial charge in [0.15, 0.2) is 0 Å². The molecule has 1 atom stereocenters. The van der Waals surface area contributed by atoms with Gasteiger partial charge in [0.2, 0.25) is 0 Å². The maximum Gasteiger partial charge on any atom is 0.122 e. The highest BCUT2D eigenvalue weighted by Gasteiger charge is 2.19. The van der Waals surface area contributed by atoms with Gasteiger partial charge < -0.3 is 14.7 Å². The summed E-state index contributed by atoms with van der Waals surface area (Å²) >= 11 is 0. The quantitative estimate of drug-likeness (QED) is 0.836. The van der Waals surface area contributed by atoms with Crippen molar-refractivity contribution >= 4 is 0 Å². The maximum atomic E-state index is 10.2. The third-order valence-corrected chi connectivity index (χ3v) is 4.24. The van der Waals surface area contributed by atoms with Gasteiger partial charge in [-0.05, 0) is 38.4 Å². The summed E-state index contributed by atoms with van der Waals surface area (Å²) in [5, 5.41) is 10.2. The highest BCUT2D eigenvalue weighted by Crippen LogP contribution is 2.18. The maximum absolute atomic E-state index is 10.2. The van der Waals surface area contributed by atoms with Crippen LogP contribution in [0.2, 0.25) is 0 Å². The first-order chi connectivity index (χ1) is 10.6. The zero-order chi connectivity index (χ0) is 15.9. The molecule has 1 aromatic carbocycles. The summed E-state index contributed by atoms with van der Waals surface area (Å²) in [6.07, 6.45) is 0.783. The van der Waals surface area contributed by atoms with Crippen LogP contribution < -0.4 is 4.74 Å². The molecule has 0 radical (unpaired) electrons. The van der Waals surface area contributed by atoms with Gasteiger partial charge in [0.25, 0.3) is 0 Å². The molecule has 0 aromatic heterocycles. The van der Waals surface area contributed by atoms with E-state index in [4.69, 9.17) is 4.74 Å². The minimum absolute atomic E-state index is 0.360. The molecule has 22 heavy (non-hydrogen) atoms. The van der Waals surface area contributed by atoms with Gasteiger partial charge in [-0.25, -0.2) is 0 Å². The van der Waals surface area contributed by atoms with E-state index in [1.54, 1.807) is 0 Å². The van der Waals surface area contributed by atoms with Crippen molar-refractivity contribution in [1.29, 1.82) is 0 Å². The Kier molecular flexibility index (Phi) is 6.68. The van der Waals surface area contributed by atoms with Crippen molar-refractivity contribution in [2.24, 2.45) is 0 Å². The smallest absolute Gasteiger partial charge is 0.122 e. The number of nitrogens with zero attached hydrogens (tertiary/aromatic N) is 2. The molecule has 0 saturated carbocycles. The topological polar surface area (TPSA) is 35.9 Å².